The van der Waals surface area contributed by atoms with Gasteiger partial charge in [0.1, 0.15) is 5.82 Å². The van der Waals surface area contributed by atoms with Crippen molar-refractivity contribution in [2.75, 3.05) is 10.0 Å². The fraction of sp³-hybridized carbons (Fsp3) is 0.211. The van der Waals surface area contributed by atoms with Crippen molar-refractivity contribution in [1.29, 1.82) is 0 Å². The Morgan fingerprint density at radius 1 is 1.14 bits per heavy atom. The lowest BCUT2D eigenvalue weighted by atomic mass is 10.3. The summed E-state index contributed by atoms with van der Waals surface area (Å²) >= 11 is 1.38. The van der Waals surface area contributed by atoms with Gasteiger partial charge in [-0.25, -0.2) is 18.4 Å². The van der Waals surface area contributed by atoms with E-state index in [1.165, 1.54) is 30.1 Å². The van der Waals surface area contributed by atoms with Gasteiger partial charge in [-0.1, -0.05) is 24.8 Å². The monoisotopic (exact) mass is 431 g/mol. The number of thioether (sulfide) groups is 1. The summed E-state index contributed by atoms with van der Waals surface area (Å²) in [6.45, 7) is 1.93. The van der Waals surface area contributed by atoms with Crippen molar-refractivity contribution < 1.29 is 13.2 Å². The van der Waals surface area contributed by atoms with Crippen molar-refractivity contribution in [2.45, 2.75) is 28.6 Å². The standard InChI is InChI=1S/C19H21N5O3S2/c1-3-16(28-19-21-12-13-24(19)2)18(25)22-14-7-9-15(10-8-14)29(26,27)23-17-6-4-5-11-20-17/h4-13,16H,3H2,1-2H3,(H,20,23)(H,22,25). The molecule has 1 aromatic carbocycles. The lowest BCUT2D eigenvalue weighted by Crippen LogP contribution is -2.25. The number of hydrogen-bond donors (Lipinski definition) is 2. The summed E-state index contributed by atoms with van der Waals surface area (Å²) in [4.78, 5) is 20.9. The number of hydrogen-bond acceptors (Lipinski definition) is 6. The number of rotatable bonds is 8. The molecule has 1 unspecified atom stereocenters. The van der Waals surface area contributed by atoms with Gasteiger partial charge < -0.3 is 9.88 Å². The third-order valence-corrected chi connectivity index (χ3v) is 6.83. The molecule has 3 rings (SSSR count). The highest BCUT2D eigenvalue weighted by atomic mass is 32.2. The topological polar surface area (TPSA) is 106 Å². The van der Waals surface area contributed by atoms with E-state index < -0.39 is 10.0 Å². The molecule has 0 fully saturated rings. The second kappa shape index (κ2) is 9.10. The Labute approximate surface area is 173 Å². The number of imidazole rings is 1. The zero-order valence-corrected chi connectivity index (χ0v) is 17.6. The zero-order chi connectivity index (χ0) is 20.9. The Balaban J connectivity index is 1.66. The highest BCUT2D eigenvalue weighted by Gasteiger charge is 2.20. The number of pyridine rings is 1. The lowest BCUT2D eigenvalue weighted by Gasteiger charge is -2.14. The van der Waals surface area contributed by atoms with Crippen LogP contribution in [0.15, 0.2) is 71.1 Å². The van der Waals surface area contributed by atoms with Gasteiger partial charge in [0.15, 0.2) is 5.16 Å². The Kier molecular flexibility index (Phi) is 6.55. The number of anilines is 2. The van der Waals surface area contributed by atoms with Crippen molar-refractivity contribution in [3.8, 4) is 0 Å². The predicted molar refractivity (Wildman–Crippen MR) is 113 cm³/mol. The van der Waals surface area contributed by atoms with E-state index in [1.807, 2.05) is 24.7 Å². The van der Waals surface area contributed by atoms with Crippen molar-refractivity contribution in [1.82, 2.24) is 14.5 Å². The van der Waals surface area contributed by atoms with Gasteiger partial charge in [0.25, 0.3) is 10.0 Å². The molecule has 3 aromatic rings. The number of aromatic nitrogens is 3. The number of nitrogens with zero attached hydrogens (tertiary/aromatic N) is 3. The van der Waals surface area contributed by atoms with E-state index in [9.17, 15) is 13.2 Å². The van der Waals surface area contributed by atoms with Gasteiger partial charge in [-0.15, -0.1) is 0 Å². The van der Waals surface area contributed by atoms with E-state index in [1.54, 1.807) is 36.5 Å². The van der Waals surface area contributed by atoms with E-state index in [4.69, 9.17) is 0 Å². The fourth-order valence-electron chi connectivity index (χ4n) is 2.47. The number of benzene rings is 1. The summed E-state index contributed by atoms with van der Waals surface area (Å²) < 4.78 is 29.2. The SMILES string of the molecule is CCC(Sc1nccn1C)C(=O)Nc1ccc(S(=O)(=O)Nc2ccccn2)cc1. The molecule has 0 spiro atoms. The Morgan fingerprint density at radius 3 is 2.48 bits per heavy atom. The molecular weight excluding hydrogens is 410 g/mol. The number of carbonyl (C=O) groups is 1. The minimum atomic E-state index is -3.76. The summed E-state index contributed by atoms with van der Waals surface area (Å²) in [5.74, 6) is 0.0738. The highest BCUT2D eigenvalue weighted by molar-refractivity contribution is 8.00. The van der Waals surface area contributed by atoms with Gasteiger partial charge in [0.05, 0.1) is 10.1 Å². The van der Waals surface area contributed by atoms with Crippen molar-refractivity contribution in [3.05, 3.63) is 61.1 Å². The molecule has 8 nitrogen and oxygen atoms in total. The molecule has 0 aliphatic heterocycles. The molecule has 0 bridgehead atoms. The Hall–Kier alpha value is -2.85. The zero-order valence-electron chi connectivity index (χ0n) is 15.9. The summed E-state index contributed by atoms with van der Waals surface area (Å²) in [5, 5.41) is 3.27. The normalized spacial score (nSPS) is 12.3. The molecule has 1 atom stereocenters. The summed E-state index contributed by atoms with van der Waals surface area (Å²) in [6, 6.07) is 10.9. The first-order valence-electron chi connectivity index (χ1n) is 8.88. The molecule has 0 saturated heterocycles. The second-order valence-corrected chi connectivity index (χ2v) is 9.02. The number of nitrogens with one attached hydrogen (secondary N) is 2. The van der Waals surface area contributed by atoms with E-state index in [2.05, 4.69) is 20.0 Å². The number of aryl methyl sites for hydroxylation is 1. The molecule has 0 radical (unpaired) electrons. The van der Waals surface area contributed by atoms with E-state index in [0.29, 0.717) is 12.1 Å². The van der Waals surface area contributed by atoms with Crippen LogP contribution in [0.1, 0.15) is 13.3 Å². The quantitative estimate of drug-likeness (QED) is 0.531. The first-order chi connectivity index (χ1) is 13.9. The molecule has 0 aliphatic carbocycles. The first-order valence-corrected chi connectivity index (χ1v) is 11.2. The molecule has 1 amide bonds. The molecule has 10 heteroatoms. The molecule has 152 valence electrons. The third kappa shape index (κ3) is 5.36. The van der Waals surface area contributed by atoms with Crippen LogP contribution in [0.3, 0.4) is 0 Å². The number of carbonyl (C=O) groups excluding carboxylic acids is 1. The van der Waals surface area contributed by atoms with Crippen LogP contribution in [0.4, 0.5) is 11.5 Å². The summed E-state index contributed by atoms with van der Waals surface area (Å²) in [7, 11) is -1.89. The van der Waals surface area contributed by atoms with Gasteiger partial charge in [-0.05, 0) is 42.8 Å². The third-order valence-electron chi connectivity index (χ3n) is 4.02. The smallest absolute Gasteiger partial charge is 0.263 e. The molecule has 2 N–H and O–H groups in total. The van der Waals surface area contributed by atoms with Gasteiger partial charge >= 0.3 is 0 Å². The fourth-order valence-corrected chi connectivity index (χ4v) is 4.42. The number of amides is 1. The van der Waals surface area contributed by atoms with Crippen LogP contribution in [0, 0.1) is 0 Å². The molecule has 0 aliphatic rings. The maximum atomic E-state index is 12.6. The van der Waals surface area contributed by atoms with Crippen LogP contribution in [0.25, 0.3) is 0 Å². The average Bonchev–Trinajstić information content (AvgIpc) is 3.11. The van der Waals surface area contributed by atoms with Crippen molar-refractivity contribution in [2.24, 2.45) is 7.05 Å². The summed E-state index contributed by atoms with van der Waals surface area (Å²) in [6.07, 6.45) is 5.64. The first kappa shape index (κ1) is 20.9. The van der Waals surface area contributed by atoms with Crippen LogP contribution >= 0.6 is 11.8 Å². The van der Waals surface area contributed by atoms with Gasteiger partial charge in [0, 0.05) is 31.3 Å². The molecular formula is C19H21N5O3S2. The largest absolute Gasteiger partial charge is 0.329 e. The highest BCUT2D eigenvalue weighted by Crippen LogP contribution is 2.25. The summed E-state index contributed by atoms with van der Waals surface area (Å²) in [5.41, 5.74) is 0.519. The molecule has 0 saturated carbocycles. The van der Waals surface area contributed by atoms with Crippen LogP contribution in [-0.2, 0) is 21.9 Å². The van der Waals surface area contributed by atoms with E-state index >= 15 is 0 Å². The minimum absolute atomic E-state index is 0.0792. The van der Waals surface area contributed by atoms with Crippen LogP contribution < -0.4 is 10.0 Å². The van der Waals surface area contributed by atoms with Gasteiger partial charge in [0.2, 0.25) is 5.91 Å². The van der Waals surface area contributed by atoms with Crippen molar-refractivity contribution in [3.63, 3.8) is 0 Å². The lowest BCUT2D eigenvalue weighted by molar-refractivity contribution is -0.115. The van der Waals surface area contributed by atoms with Crippen LogP contribution in [0.5, 0.6) is 0 Å². The van der Waals surface area contributed by atoms with E-state index in [-0.39, 0.29) is 21.9 Å². The Morgan fingerprint density at radius 2 is 1.90 bits per heavy atom. The average molecular weight is 432 g/mol. The van der Waals surface area contributed by atoms with Crippen LogP contribution in [0.2, 0.25) is 0 Å². The maximum Gasteiger partial charge on any atom is 0.263 e. The predicted octanol–water partition coefficient (Wildman–Crippen LogP) is 3.13. The minimum Gasteiger partial charge on any atom is -0.329 e. The van der Waals surface area contributed by atoms with E-state index in [0.717, 1.165) is 5.16 Å². The Bertz CT molecular complexity index is 1070. The molecule has 29 heavy (non-hydrogen) atoms. The molecule has 2 aromatic heterocycles. The molecule has 2 heterocycles. The van der Waals surface area contributed by atoms with Gasteiger partial charge in [-0.2, -0.15) is 0 Å². The van der Waals surface area contributed by atoms with Gasteiger partial charge in [-0.3, -0.25) is 9.52 Å². The van der Waals surface area contributed by atoms with Crippen LogP contribution in [-0.4, -0.2) is 34.1 Å². The van der Waals surface area contributed by atoms with Crippen molar-refractivity contribution >= 4 is 39.2 Å². The maximum absolute atomic E-state index is 12.6. The second-order valence-electron chi connectivity index (χ2n) is 6.17. The number of sulfonamides is 1.